The third kappa shape index (κ3) is 2.67. The Kier molecular flexibility index (Phi) is 3.70. The maximum absolute atomic E-state index is 12.7. The maximum atomic E-state index is 12.7. The lowest BCUT2D eigenvalue weighted by atomic mass is 9.71. The molecule has 0 spiro atoms. The number of nitrogens with one attached hydrogen (secondary N) is 2. The number of hydrogen-bond acceptors (Lipinski definition) is 1. The Balaban J connectivity index is 1.81. The monoisotopic (exact) mass is 280 g/mol. The zero-order chi connectivity index (χ0) is 14.7. The van der Waals surface area contributed by atoms with E-state index in [9.17, 15) is 4.79 Å². The van der Waals surface area contributed by atoms with Crippen LogP contribution in [0.2, 0.25) is 0 Å². The van der Waals surface area contributed by atoms with Gasteiger partial charge in [-0.25, -0.2) is 0 Å². The van der Waals surface area contributed by atoms with Crippen LogP contribution in [0.4, 0.5) is 5.69 Å². The topological polar surface area (TPSA) is 44.9 Å². The molecule has 3 rings (SSSR count). The average molecular weight is 280 g/mol. The van der Waals surface area contributed by atoms with Crippen molar-refractivity contribution < 1.29 is 4.79 Å². The normalized spacial score (nSPS) is 17.3. The standard InChI is InChI=1S/C18H20N2O/c1-2-9-18(10-4-3-5-11-18)17(21)20-15-6-7-16-14(13-15)8-12-19-16/h1,6-8,12-13,19H,3-5,9-11H2,(H,20,21). The molecule has 0 saturated heterocycles. The Morgan fingerprint density at radius 2 is 2.10 bits per heavy atom. The number of aromatic nitrogens is 1. The number of terminal acetylenes is 1. The largest absolute Gasteiger partial charge is 0.361 e. The number of benzene rings is 1. The predicted octanol–water partition coefficient (Wildman–Crippen LogP) is 4.08. The first-order valence-corrected chi connectivity index (χ1v) is 7.56. The number of rotatable bonds is 3. The lowest BCUT2D eigenvalue weighted by Crippen LogP contribution is -2.37. The summed E-state index contributed by atoms with van der Waals surface area (Å²) < 4.78 is 0. The summed E-state index contributed by atoms with van der Waals surface area (Å²) >= 11 is 0. The lowest BCUT2D eigenvalue weighted by molar-refractivity contribution is -0.127. The molecule has 1 fully saturated rings. The third-order valence-corrected chi connectivity index (χ3v) is 4.54. The van der Waals surface area contributed by atoms with Gasteiger partial charge in [0.05, 0.1) is 5.41 Å². The molecule has 3 nitrogen and oxygen atoms in total. The molecule has 2 aromatic rings. The van der Waals surface area contributed by atoms with Gasteiger partial charge < -0.3 is 10.3 Å². The van der Waals surface area contributed by atoms with E-state index in [2.05, 4.69) is 16.2 Å². The van der Waals surface area contributed by atoms with Crippen LogP contribution in [0.3, 0.4) is 0 Å². The van der Waals surface area contributed by atoms with Gasteiger partial charge in [0.25, 0.3) is 0 Å². The summed E-state index contributed by atoms with van der Waals surface area (Å²) in [5.41, 5.74) is 1.54. The highest BCUT2D eigenvalue weighted by molar-refractivity contribution is 5.97. The zero-order valence-electron chi connectivity index (χ0n) is 12.1. The van der Waals surface area contributed by atoms with Gasteiger partial charge in [0.1, 0.15) is 0 Å². The van der Waals surface area contributed by atoms with Crippen LogP contribution in [0.5, 0.6) is 0 Å². The zero-order valence-corrected chi connectivity index (χ0v) is 12.1. The van der Waals surface area contributed by atoms with E-state index in [1.807, 2.05) is 30.5 Å². The van der Waals surface area contributed by atoms with Gasteiger partial charge in [-0.15, -0.1) is 12.3 Å². The molecule has 1 saturated carbocycles. The van der Waals surface area contributed by atoms with Crippen molar-refractivity contribution >= 4 is 22.5 Å². The van der Waals surface area contributed by atoms with Crippen LogP contribution >= 0.6 is 0 Å². The first-order chi connectivity index (χ1) is 10.2. The molecule has 0 unspecified atom stereocenters. The van der Waals surface area contributed by atoms with Crippen LogP contribution in [0, 0.1) is 17.8 Å². The molecular formula is C18H20N2O. The first kappa shape index (κ1) is 13.8. The molecule has 0 bridgehead atoms. The minimum atomic E-state index is -0.375. The summed E-state index contributed by atoms with van der Waals surface area (Å²) in [6, 6.07) is 7.92. The van der Waals surface area contributed by atoms with Gasteiger partial charge in [-0.05, 0) is 37.1 Å². The van der Waals surface area contributed by atoms with E-state index < -0.39 is 0 Å². The fraction of sp³-hybridized carbons (Fsp3) is 0.389. The highest BCUT2D eigenvalue weighted by Gasteiger charge is 2.38. The fourth-order valence-electron chi connectivity index (χ4n) is 3.30. The van der Waals surface area contributed by atoms with Gasteiger partial charge in [-0.1, -0.05) is 19.3 Å². The molecule has 0 aliphatic heterocycles. The van der Waals surface area contributed by atoms with Crippen molar-refractivity contribution in [1.29, 1.82) is 0 Å². The van der Waals surface area contributed by atoms with Crippen LogP contribution in [-0.2, 0) is 4.79 Å². The molecule has 2 N–H and O–H groups in total. The number of carbonyl (C=O) groups excluding carboxylic acids is 1. The van der Waals surface area contributed by atoms with E-state index in [4.69, 9.17) is 6.42 Å². The molecule has 1 aliphatic rings. The Bertz CT molecular complexity index is 687. The SMILES string of the molecule is C#CCC1(C(=O)Nc2ccc3[nH]ccc3c2)CCCCC1. The lowest BCUT2D eigenvalue weighted by Gasteiger charge is -2.34. The van der Waals surface area contributed by atoms with Crippen molar-refractivity contribution in [2.24, 2.45) is 5.41 Å². The van der Waals surface area contributed by atoms with E-state index in [1.165, 1.54) is 6.42 Å². The van der Waals surface area contributed by atoms with Gasteiger partial charge >= 0.3 is 0 Å². The number of anilines is 1. The summed E-state index contributed by atoms with van der Waals surface area (Å²) in [7, 11) is 0. The molecule has 21 heavy (non-hydrogen) atoms. The highest BCUT2D eigenvalue weighted by atomic mass is 16.2. The maximum Gasteiger partial charge on any atom is 0.231 e. The summed E-state index contributed by atoms with van der Waals surface area (Å²) in [5.74, 6) is 2.78. The van der Waals surface area contributed by atoms with Crippen molar-refractivity contribution in [3.63, 3.8) is 0 Å². The first-order valence-electron chi connectivity index (χ1n) is 7.56. The number of aromatic amines is 1. The average Bonchev–Trinajstić information content (AvgIpc) is 2.96. The number of fused-ring (bicyclic) bond motifs is 1. The number of H-pyrrole nitrogens is 1. The van der Waals surface area contributed by atoms with Crippen molar-refractivity contribution in [3.8, 4) is 12.3 Å². The van der Waals surface area contributed by atoms with Crippen LogP contribution < -0.4 is 5.32 Å². The van der Waals surface area contributed by atoms with E-state index in [1.54, 1.807) is 0 Å². The molecule has 1 aromatic heterocycles. The quantitative estimate of drug-likeness (QED) is 0.817. The van der Waals surface area contributed by atoms with Crippen LogP contribution in [0.25, 0.3) is 10.9 Å². The van der Waals surface area contributed by atoms with Crippen LogP contribution in [0.1, 0.15) is 38.5 Å². The predicted molar refractivity (Wildman–Crippen MR) is 85.9 cm³/mol. The van der Waals surface area contributed by atoms with Gasteiger partial charge in [-0.3, -0.25) is 4.79 Å². The summed E-state index contributed by atoms with van der Waals surface area (Å²) in [4.78, 5) is 15.9. The summed E-state index contributed by atoms with van der Waals surface area (Å²) in [6.45, 7) is 0. The molecule has 1 amide bonds. The minimum absolute atomic E-state index is 0.0787. The molecule has 1 aliphatic carbocycles. The minimum Gasteiger partial charge on any atom is -0.361 e. The van der Waals surface area contributed by atoms with Crippen molar-refractivity contribution in [2.45, 2.75) is 38.5 Å². The second-order valence-corrected chi connectivity index (χ2v) is 5.96. The Hall–Kier alpha value is -2.21. The Labute approximate surface area is 125 Å². The van der Waals surface area contributed by atoms with Gasteiger partial charge in [0.2, 0.25) is 5.91 Å². The number of hydrogen-bond donors (Lipinski definition) is 2. The molecular weight excluding hydrogens is 260 g/mol. The Morgan fingerprint density at radius 3 is 2.86 bits per heavy atom. The van der Waals surface area contributed by atoms with E-state index in [-0.39, 0.29) is 11.3 Å². The van der Waals surface area contributed by atoms with Gasteiger partial charge in [0.15, 0.2) is 0 Å². The van der Waals surface area contributed by atoms with Crippen molar-refractivity contribution in [2.75, 3.05) is 5.32 Å². The van der Waals surface area contributed by atoms with Crippen LogP contribution in [0.15, 0.2) is 30.5 Å². The highest BCUT2D eigenvalue weighted by Crippen LogP contribution is 2.40. The van der Waals surface area contributed by atoms with E-state index in [0.717, 1.165) is 42.3 Å². The Morgan fingerprint density at radius 1 is 1.29 bits per heavy atom. The van der Waals surface area contributed by atoms with E-state index >= 15 is 0 Å². The molecule has 1 heterocycles. The van der Waals surface area contributed by atoms with Crippen molar-refractivity contribution in [1.82, 2.24) is 4.98 Å². The summed E-state index contributed by atoms with van der Waals surface area (Å²) in [5, 5.41) is 4.17. The molecule has 1 aromatic carbocycles. The summed E-state index contributed by atoms with van der Waals surface area (Å²) in [6.07, 6.45) is 13.1. The van der Waals surface area contributed by atoms with Gasteiger partial charge in [-0.2, -0.15) is 0 Å². The second-order valence-electron chi connectivity index (χ2n) is 5.96. The fourth-order valence-corrected chi connectivity index (χ4v) is 3.30. The smallest absolute Gasteiger partial charge is 0.231 e. The van der Waals surface area contributed by atoms with Crippen molar-refractivity contribution in [3.05, 3.63) is 30.5 Å². The van der Waals surface area contributed by atoms with Gasteiger partial charge in [0, 0.05) is 29.2 Å². The molecule has 0 radical (unpaired) electrons. The third-order valence-electron chi connectivity index (χ3n) is 4.54. The molecule has 108 valence electrons. The van der Waals surface area contributed by atoms with E-state index in [0.29, 0.717) is 6.42 Å². The second kappa shape index (κ2) is 5.65. The number of amides is 1. The number of carbonyl (C=O) groups is 1. The molecule has 3 heteroatoms. The molecule has 0 atom stereocenters. The van der Waals surface area contributed by atoms with Crippen LogP contribution in [-0.4, -0.2) is 10.9 Å².